The number of amides is 1. The lowest BCUT2D eigenvalue weighted by Gasteiger charge is -2.33. The van der Waals surface area contributed by atoms with Gasteiger partial charge in [0.2, 0.25) is 0 Å². The first-order valence-corrected chi connectivity index (χ1v) is 7.69. The number of halogens is 6. The van der Waals surface area contributed by atoms with Crippen molar-refractivity contribution in [3.63, 3.8) is 0 Å². The SMILES string of the molecule is O=C(CN(C(=O)C(F)(F)F)C(Cl)(Cl)P(=O)(O)O)OCCCl. The molecule has 0 saturated heterocycles. The third-order valence-corrected chi connectivity index (χ3v) is 4.62. The maximum absolute atomic E-state index is 12.4. The largest absolute Gasteiger partial charge is 0.471 e. The lowest BCUT2D eigenvalue weighted by atomic mass is 10.4. The summed E-state index contributed by atoms with van der Waals surface area (Å²) in [5, 5.41) is 0. The van der Waals surface area contributed by atoms with Crippen molar-refractivity contribution in [1.82, 2.24) is 4.90 Å². The minimum Gasteiger partial charge on any atom is -0.463 e. The highest BCUT2D eigenvalue weighted by Crippen LogP contribution is 2.58. The van der Waals surface area contributed by atoms with Crippen LogP contribution in [-0.2, 0) is 18.9 Å². The molecule has 0 aliphatic carbocycles. The first-order valence-electron chi connectivity index (χ1n) is 4.79. The van der Waals surface area contributed by atoms with E-state index in [2.05, 4.69) is 4.74 Å². The van der Waals surface area contributed by atoms with Gasteiger partial charge in [-0.15, -0.1) is 11.6 Å². The lowest BCUT2D eigenvalue weighted by Crippen LogP contribution is -2.52. The van der Waals surface area contributed by atoms with E-state index in [-0.39, 0.29) is 5.88 Å². The van der Waals surface area contributed by atoms with Crippen LogP contribution in [0.15, 0.2) is 0 Å². The van der Waals surface area contributed by atoms with Gasteiger partial charge in [0, 0.05) is 0 Å². The van der Waals surface area contributed by atoms with Crippen molar-refractivity contribution >= 4 is 54.3 Å². The van der Waals surface area contributed by atoms with Gasteiger partial charge in [-0.1, -0.05) is 23.2 Å². The number of nitrogens with zero attached hydrogens (tertiary/aromatic N) is 1. The van der Waals surface area contributed by atoms with Crippen LogP contribution in [0.4, 0.5) is 13.2 Å². The fourth-order valence-electron chi connectivity index (χ4n) is 0.927. The third kappa shape index (κ3) is 5.80. The van der Waals surface area contributed by atoms with E-state index in [1.165, 1.54) is 0 Å². The molecule has 0 bridgehead atoms. The maximum Gasteiger partial charge on any atom is 0.471 e. The van der Waals surface area contributed by atoms with Gasteiger partial charge in [0.15, 0.2) is 0 Å². The highest BCUT2D eigenvalue weighted by Gasteiger charge is 2.57. The molecule has 21 heavy (non-hydrogen) atoms. The van der Waals surface area contributed by atoms with Crippen LogP contribution in [0.5, 0.6) is 0 Å². The Labute approximate surface area is 131 Å². The molecule has 0 heterocycles. The van der Waals surface area contributed by atoms with Crippen molar-refractivity contribution < 1.29 is 41.8 Å². The van der Waals surface area contributed by atoms with Crippen molar-refractivity contribution in [1.29, 1.82) is 0 Å². The van der Waals surface area contributed by atoms with Gasteiger partial charge in [0.05, 0.1) is 5.88 Å². The summed E-state index contributed by atoms with van der Waals surface area (Å²) in [7, 11) is -5.63. The minimum absolute atomic E-state index is 0.190. The predicted molar refractivity (Wildman–Crippen MR) is 65.9 cm³/mol. The molecule has 0 radical (unpaired) electrons. The van der Waals surface area contributed by atoms with Crippen LogP contribution in [-0.4, -0.2) is 56.0 Å². The molecule has 0 saturated carbocycles. The quantitative estimate of drug-likeness (QED) is 0.305. The number of carbonyl (C=O) groups is 2. The Morgan fingerprint density at radius 2 is 1.71 bits per heavy atom. The number of ether oxygens (including phenoxy) is 1. The second kappa shape index (κ2) is 7.34. The fourth-order valence-corrected chi connectivity index (χ4v) is 1.75. The van der Waals surface area contributed by atoms with E-state index in [1.807, 2.05) is 0 Å². The van der Waals surface area contributed by atoms with Gasteiger partial charge in [0.1, 0.15) is 13.2 Å². The monoisotopic (exact) mass is 395 g/mol. The van der Waals surface area contributed by atoms with E-state index in [0.717, 1.165) is 0 Å². The summed E-state index contributed by atoms with van der Waals surface area (Å²) in [6, 6.07) is 0. The fraction of sp³-hybridized carbons (Fsp3) is 0.714. The van der Waals surface area contributed by atoms with Crippen LogP contribution in [0.1, 0.15) is 0 Å². The zero-order valence-corrected chi connectivity index (χ0v) is 13.0. The Hall–Kier alpha value is -0.250. The molecule has 0 unspecified atom stereocenters. The number of hydrogen-bond donors (Lipinski definition) is 2. The normalized spacial score (nSPS) is 13.0. The molecular formula is C7H8Cl3F3NO6P. The molecule has 0 fully saturated rings. The van der Waals surface area contributed by atoms with Gasteiger partial charge >= 0.3 is 25.6 Å². The molecule has 0 atom stereocenters. The second-order valence-electron chi connectivity index (χ2n) is 3.35. The zero-order chi connectivity index (χ0) is 17.1. The molecule has 7 nitrogen and oxygen atoms in total. The molecule has 14 heteroatoms. The maximum atomic E-state index is 12.4. The van der Waals surface area contributed by atoms with Gasteiger partial charge in [-0.3, -0.25) is 19.1 Å². The van der Waals surface area contributed by atoms with Crippen LogP contribution in [0.2, 0.25) is 0 Å². The number of hydrogen-bond acceptors (Lipinski definition) is 4. The summed E-state index contributed by atoms with van der Waals surface area (Å²) in [4.78, 5) is 39.3. The highest BCUT2D eigenvalue weighted by atomic mass is 35.5. The van der Waals surface area contributed by atoms with E-state index in [1.54, 1.807) is 0 Å². The van der Waals surface area contributed by atoms with E-state index < -0.39 is 47.9 Å². The summed E-state index contributed by atoms with van der Waals surface area (Å²) >= 11 is 15.4. The Balaban J connectivity index is 5.46. The molecular weight excluding hydrogens is 388 g/mol. The molecule has 0 rings (SSSR count). The van der Waals surface area contributed by atoms with Gasteiger partial charge < -0.3 is 14.5 Å². The van der Waals surface area contributed by atoms with E-state index >= 15 is 0 Å². The lowest BCUT2D eigenvalue weighted by molar-refractivity contribution is -0.187. The number of alkyl halides is 6. The second-order valence-corrected chi connectivity index (χ2v) is 7.28. The number of rotatable bonds is 6. The molecule has 0 aromatic carbocycles. The number of carbonyl (C=O) groups excluding carboxylic acids is 2. The smallest absolute Gasteiger partial charge is 0.463 e. The molecule has 0 aliphatic rings. The van der Waals surface area contributed by atoms with Gasteiger partial charge in [-0.05, 0) is 0 Å². The summed E-state index contributed by atoms with van der Waals surface area (Å²) in [5.41, 5.74) is 0. The molecule has 124 valence electrons. The summed E-state index contributed by atoms with van der Waals surface area (Å²) < 4.78 is 48.9. The van der Waals surface area contributed by atoms with Crippen molar-refractivity contribution in [2.45, 2.75) is 10.4 Å². The van der Waals surface area contributed by atoms with Crippen molar-refractivity contribution in [3.05, 3.63) is 0 Å². The summed E-state index contributed by atoms with van der Waals surface area (Å²) in [5.74, 6) is -4.45. The first-order chi connectivity index (χ1) is 9.25. The summed E-state index contributed by atoms with van der Waals surface area (Å²) in [6.07, 6.45) is -5.57. The van der Waals surface area contributed by atoms with Crippen LogP contribution in [0.3, 0.4) is 0 Å². The molecule has 0 aromatic rings. The van der Waals surface area contributed by atoms with Gasteiger partial charge in [-0.2, -0.15) is 13.2 Å². The zero-order valence-electron chi connectivity index (χ0n) is 9.81. The number of esters is 1. The van der Waals surface area contributed by atoms with Gasteiger partial charge in [0.25, 0.3) is 4.20 Å². The Kier molecular flexibility index (Phi) is 7.26. The van der Waals surface area contributed by atoms with E-state index in [9.17, 15) is 27.3 Å². The Bertz CT molecular complexity index is 453. The van der Waals surface area contributed by atoms with Crippen LogP contribution >= 0.6 is 42.4 Å². The van der Waals surface area contributed by atoms with Gasteiger partial charge in [-0.25, -0.2) is 0 Å². The highest BCUT2D eigenvalue weighted by molar-refractivity contribution is 7.58. The van der Waals surface area contributed by atoms with E-state index in [0.29, 0.717) is 0 Å². The standard InChI is InChI=1S/C7H8Cl3F3NO6P/c8-1-2-20-4(15)3-14(5(16)6(11,12)13)7(9,10)21(17,18)19/h1-3H2,(H2,17,18,19). The van der Waals surface area contributed by atoms with Crippen LogP contribution < -0.4 is 0 Å². The summed E-state index contributed by atoms with van der Waals surface area (Å²) in [6.45, 7) is -1.94. The molecule has 2 N–H and O–H groups in total. The molecule has 1 amide bonds. The van der Waals surface area contributed by atoms with Crippen molar-refractivity contribution in [2.75, 3.05) is 19.0 Å². The average molecular weight is 396 g/mol. The topological polar surface area (TPSA) is 104 Å². The molecule has 0 aliphatic heterocycles. The van der Waals surface area contributed by atoms with Crippen molar-refractivity contribution in [3.8, 4) is 0 Å². The van der Waals surface area contributed by atoms with Crippen LogP contribution in [0.25, 0.3) is 0 Å². The first kappa shape index (κ1) is 20.8. The third-order valence-electron chi connectivity index (χ3n) is 1.79. The Morgan fingerprint density at radius 3 is 2.05 bits per heavy atom. The minimum atomic E-state index is -5.63. The average Bonchev–Trinajstić information content (AvgIpc) is 2.29. The molecule has 0 spiro atoms. The Morgan fingerprint density at radius 1 is 1.24 bits per heavy atom. The molecule has 0 aromatic heterocycles. The predicted octanol–water partition coefficient (Wildman–Crippen LogP) is 1.43. The van der Waals surface area contributed by atoms with E-state index in [4.69, 9.17) is 44.6 Å². The van der Waals surface area contributed by atoms with Crippen LogP contribution in [0, 0.1) is 0 Å². The van der Waals surface area contributed by atoms with Crippen molar-refractivity contribution in [2.24, 2.45) is 0 Å².